The third kappa shape index (κ3) is 3.13. The fourth-order valence-electron chi connectivity index (χ4n) is 2.97. The molecule has 5 heteroatoms. The van der Waals surface area contributed by atoms with E-state index >= 15 is 0 Å². The van der Waals surface area contributed by atoms with E-state index in [1.165, 1.54) is 5.56 Å². The maximum atomic E-state index is 12.2. The van der Waals surface area contributed by atoms with Gasteiger partial charge in [0.05, 0.1) is 19.7 Å². The molecule has 1 heterocycles. The quantitative estimate of drug-likeness (QED) is 0.906. The molecule has 0 spiro atoms. The summed E-state index contributed by atoms with van der Waals surface area (Å²) < 4.78 is 5.30. The van der Waals surface area contributed by atoms with Gasteiger partial charge in [-0.3, -0.25) is 9.89 Å². The number of aryl methyl sites for hydroxylation is 2. The second kappa shape index (κ2) is 6.22. The molecule has 0 bridgehead atoms. The number of hydrogen-bond donors (Lipinski definition) is 2. The van der Waals surface area contributed by atoms with Gasteiger partial charge in [0.25, 0.3) is 0 Å². The molecule has 3 rings (SSSR count). The van der Waals surface area contributed by atoms with Gasteiger partial charge in [-0.1, -0.05) is 12.1 Å². The number of ether oxygens (including phenoxy) is 1. The van der Waals surface area contributed by atoms with E-state index in [0.29, 0.717) is 6.42 Å². The van der Waals surface area contributed by atoms with Crippen molar-refractivity contribution in [2.45, 2.75) is 38.6 Å². The van der Waals surface area contributed by atoms with Crippen LogP contribution in [-0.2, 0) is 24.1 Å². The number of carbonyl (C=O) groups excluding carboxylic acids is 1. The molecule has 0 aliphatic heterocycles. The molecule has 116 valence electrons. The van der Waals surface area contributed by atoms with Crippen molar-refractivity contribution in [3.8, 4) is 5.75 Å². The first-order chi connectivity index (χ1) is 10.7. The molecule has 1 atom stereocenters. The van der Waals surface area contributed by atoms with Gasteiger partial charge in [0, 0.05) is 18.2 Å². The zero-order valence-corrected chi connectivity index (χ0v) is 13.0. The van der Waals surface area contributed by atoms with Gasteiger partial charge in [-0.25, -0.2) is 0 Å². The first-order valence-electron chi connectivity index (χ1n) is 7.59. The summed E-state index contributed by atoms with van der Waals surface area (Å²) in [5.41, 5.74) is 4.46. The molecular formula is C17H21N3O2. The second-order valence-corrected chi connectivity index (χ2v) is 5.86. The minimum atomic E-state index is 0.0545. The highest BCUT2D eigenvalue weighted by atomic mass is 16.5. The van der Waals surface area contributed by atoms with Crippen molar-refractivity contribution in [2.75, 3.05) is 7.11 Å². The van der Waals surface area contributed by atoms with Crippen LogP contribution in [0.15, 0.2) is 24.4 Å². The van der Waals surface area contributed by atoms with Crippen LogP contribution in [0.2, 0.25) is 0 Å². The molecule has 1 unspecified atom stereocenters. The SMILES string of the molecule is COc1cc(CC(=O)NC2CCc3cn[nH]c3C2)ccc1C. The van der Waals surface area contributed by atoms with E-state index in [1.54, 1.807) is 7.11 Å². The number of carbonyl (C=O) groups is 1. The zero-order chi connectivity index (χ0) is 15.5. The van der Waals surface area contributed by atoms with Gasteiger partial charge < -0.3 is 10.1 Å². The van der Waals surface area contributed by atoms with Gasteiger partial charge >= 0.3 is 0 Å². The number of rotatable bonds is 4. The second-order valence-electron chi connectivity index (χ2n) is 5.86. The fraction of sp³-hybridized carbons (Fsp3) is 0.412. The van der Waals surface area contributed by atoms with Crippen molar-refractivity contribution in [1.82, 2.24) is 15.5 Å². The number of methoxy groups -OCH3 is 1. The Bertz CT molecular complexity index is 678. The Kier molecular flexibility index (Phi) is 4.13. The molecule has 0 saturated heterocycles. The third-order valence-corrected chi connectivity index (χ3v) is 4.22. The lowest BCUT2D eigenvalue weighted by atomic mass is 9.93. The van der Waals surface area contributed by atoms with E-state index in [-0.39, 0.29) is 11.9 Å². The zero-order valence-electron chi connectivity index (χ0n) is 13.0. The van der Waals surface area contributed by atoms with Crippen LogP contribution < -0.4 is 10.1 Å². The summed E-state index contributed by atoms with van der Waals surface area (Å²) >= 11 is 0. The fourth-order valence-corrected chi connectivity index (χ4v) is 2.97. The minimum Gasteiger partial charge on any atom is -0.496 e. The van der Waals surface area contributed by atoms with Gasteiger partial charge in [0.2, 0.25) is 5.91 Å². The van der Waals surface area contributed by atoms with Crippen molar-refractivity contribution in [2.24, 2.45) is 0 Å². The maximum absolute atomic E-state index is 12.2. The Balaban J connectivity index is 1.59. The molecule has 1 aliphatic carbocycles. The lowest BCUT2D eigenvalue weighted by Gasteiger charge is -2.22. The van der Waals surface area contributed by atoms with Crippen molar-refractivity contribution in [3.05, 3.63) is 46.8 Å². The molecule has 2 aromatic rings. The Hall–Kier alpha value is -2.30. The van der Waals surface area contributed by atoms with Crippen LogP contribution in [0.3, 0.4) is 0 Å². The Morgan fingerprint density at radius 3 is 3.18 bits per heavy atom. The number of nitrogens with zero attached hydrogens (tertiary/aromatic N) is 1. The molecule has 0 radical (unpaired) electrons. The maximum Gasteiger partial charge on any atom is 0.224 e. The van der Waals surface area contributed by atoms with Gasteiger partial charge in [-0.2, -0.15) is 5.10 Å². The van der Waals surface area contributed by atoms with Crippen LogP contribution in [0.1, 0.15) is 28.8 Å². The summed E-state index contributed by atoms with van der Waals surface area (Å²) in [6.45, 7) is 1.99. The van der Waals surface area contributed by atoms with Crippen molar-refractivity contribution < 1.29 is 9.53 Å². The number of fused-ring (bicyclic) bond motifs is 1. The summed E-state index contributed by atoms with van der Waals surface area (Å²) in [6, 6.07) is 6.08. The summed E-state index contributed by atoms with van der Waals surface area (Å²) in [5.74, 6) is 0.879. The van der Waals surface area contributed by atoms with Crippen molar-refractivity contribution in [1.29, 1.82) is 0 Å². The van der Waals surface area contributed by atoms with Gasteiger partial charge in [-0.15, -0.1) is 0 Å². The van der Waals surface area contributed by atoms with E-state index in [0.717, 1.165) is 41.8 Å². The average Bonchev–Trinajstić information content (AvgIpc) is 2.96. The van der Waals surface area contributed by atoms with Crippen molar-refractivity contribution in [3.63, 3.8) is 0 Å². The van der Waals surface area contributed by atoms with Gasteiger partial charge in [0.1, 0.15) is 5.75 Å². The predicted octanol–water partition coefficient (Wildman–Crippen LogP) is 1.94. The molecular weight excluding hydrogens is 278 g/mol. The number of hydrogen-bond acceptors (Lipinski definition) is 3. The van der Waals surface area contributed by atoms with Crippen LogP contribution >= 0.6 is 0 Å². The monoisotopic (exact) mass is 299 g/mol. The van der Waals surface area contributed by atoms with Gasteiger partial charge in [-0.05, 0) is 42.5 Å². The third-order valence-electron chi connectivity index (χ3n) is 4.22. The molecule has 2 N–H and O–H groups in total. The topological polar surface area (TPSA) is 67.0 Å². The smallest absolute Gasteiger partial charge is 0.224 e. The van der Waals surface area contributed by atoms with E-state index in [9.17, 15) is 4.79 Å². The highest BCUT2D eigenvalue weighted by molar-refractivity contribution is 5.79. The number of amides is 1. The lowest BCUT2D eigenvalue weighted by Crippen LogP contribution is -2.39. The Morgan fingerprint density at radius 1 is 1.50 bits per heavy atom. The van der Waals surface area contributed by atoms with E-state index in [1.807, 2.05) is 31.3 Å². The normalized spacial score (nSPS) is 16.9. The number of aromatic nitrogens is 2. The number of benzene rings is 1. The first-order valence-corrected chi connectivity index (χ1v) is 7.59. The van der Waals surface area contributed by atoms with Crippen LogP contribution in [0.4, 0.5) is 0 Å². The molecule has 5 nitrogen and oxygen atoms in total. The summed E-state index contributed by atoms with van der Waals surface area (Å²) in [5, 5.41) is 10.2. The summed E-state index contributed by atoms with van der Waals surface area (Å²) in [4.78, 5) is 12.2. The average molecular weight is 299 g/mol. The standard InChI is InChI=1S/C17H21N3O2/c1-11-3-4-12(7-16(11)22-2)8-17(21)19-14-6-5-13-10-18-20-15(13)9-14/h3-4,7,10,14H,5-6,8-9H2,1-2H3,(H,18,20)(H,19,21). The number of nitrogens with one attached hydrogen (secondary N) is 2. The molecule has 1 aromatic heterocycles. The molecule has 1 aliphatic rings. The molecule has 22 heavy (non-hydrogen) atoms. The van der Waals surface area contributed by atoms with Crippen LogP contribution in [0.5, 0.6) is 5.75 Å². The first kappa shape index (κ1) is 14.6. The van der Waals surface area contributed by atoms with Gasteiger partial charge in [0.15, 0.2) is 0 Å². The molecule has 1 aromatic carbocycles. The Labute approximate surface area is 130 Å². The highest BCUT2D eigenvalue weighted by Gasteiger charge is 2.21. The molecule has 0 fully saturated rings. The minimum absolute atomic E-state index is 0.0545. The molecule has 1 amide bonds. The lowest BCUT2D eigenvalue weighted by molar-refractivity contribution is -0.121. The predicted molar refractivity (Wildman–Crippen MR) is 84.0 cm³/mol. The van der Waals surface area contributed by atoms with E-state index in [4.69, 9.17) is 4.74 Å². The highest BCUT2D eigenvalue weighted by Crippen LogP contribution is 2.20. The van der Waals surface area contributed by atoms with E-state index in [2.05, 4.69) is 15.5 Å². The largest absolute Gasteiger partial charge is 0.496 e. The van der Waals surface area contributed by atoms with E-state index < -0.39 is 0 Å². The van der Waals surface area contributed by atoms with Crippen LogP contribution in [0.25, 0.3) is 0 Å². The number of H-pyrrole nitrogens is 1. The van der Waals surface area contributed by atoms with Crippen LogP contribution in [-0.4, -0.2) is 29.3 Å². The molecule has 0 saturated carbocycles. The van der Waals surface area contributed by atoms with Crippen LogP contribution in [0, 0.1) is 6.92 Å². The van der Waals surface area contributed by atoms with Crippen molar-refractivity contribution >= 4 is 5.91 Å². The number of aromatic amines is 1. The summed E-state index contributed by atoms with van der Waals surface area (Å²) in [7, 11) is 1.65. The summed E-state index contributed by atoms with van der Waals surface area (Å²) in [6.07, 6.45) is 5.03. The Morgan fingerprint density at radius 2 is 2.36 bits per heavy atom.